The first kappa shape index (κ1) is 29.6. The molecule has 0 aromatic heterocycles. The molecule has 0 radical (unpaired) electrons. The van der Waals surface area contributed by atoms with Crippen molar-refractivity contribution in [3.63, 3.8) is 0 Å². The molecule has 0 saturated heterocycles. The standard InChI is InChI=1S/C36H30N2O6/c1-42-36(41)32-12-5-6-13-33(32)38-34(39)23-25-14-16-30(17-15-25)44-31-20-18-29(19-21-31)43-24-26-8-7-11-28(22-26)37-35(40)27-9-3-2-4-10-27/h2-22H,23-24H2,1H3,(H,37,40)(H,38,39). The summed E-state index contributed by atoms with van der Waals surface area (Å²) in [6, 6.07) is 37.8. The van der Waals surface area contributed by atoms with Gasteiger partial charge in [-0.2, -0.15) is 0 Å². The van der Waals surface area contributed by atoms with E-state index in [1.165, 1.54) is 7.11 Å². The molecule has 220 valence electrons. The minimum atomic E-state index is -0.516. The Morgan fingerprint density at radius 1 is 0.636 bits per heavy atom. The van der Waals surface area contributed by atoms with Gasteiger partial charge in [-0.05, 0) is 83.9 Å². The summed E-state index contributed by atoms with van der Waals surface area (Å²) in [5, 5.41) is 5.68. The average molecular weight is 587 g/mol. The molecule has 44 heavy (non-hydrogen) atoms. The molecule has 0 aliphatic heterocycles. The van der Waals surface area contributed by atoms with Crippen molar-refractivity contribution in [3.05, 3.63) is 150 Å². The van der Waals surface area contributed by atoms with Crippen LogP contribution in [-0.4, -0.2) is 24.9 Å². The summed E-state index contributed by atoms with van der Waals surface area (Å²) < 4.78 is 16.7. The van der Waals surface area contributed by atoms with Crippen LogP contribution < -0.4 is 20.1 Å². The molecule has 0 aliphatic carbocycles. The van der Waals surface area contributed by atoms with Crippen LogP contribution >= 0.6 is 0 Å². The molecule has 5 aromatic carbocycles. The van der Waals surface area contributed by atoms with Crippen molar-refractivity contribution in [1.82, 2.24) is 0 Å². The van der Waals surface area contributed by atoms with Crippen LogP contribution in [0, 0.1) is 0 Å². The number of para-hydroxylation sites is 1. The molecule has 0 unspecified atom stereocenters. The van der Waals surface area contributed by atoms with Gasteiger partial charge in [0, 0.05) is 11.3 Å². The van der Waals surface area contributed by atoms with Crippen molar-refractivity contribution in [2.45, 2.75) is 13.0 Å². The summed E-state index contributed by atoms with van der Waals surface area (Å²) in [5.41, 5.74) is 3.69. The summed E-state index contributed by atoms with van der Waals surface area (Å²) in [6.45, 7) is 0.332. The number of ether oxygens (including phenoxy) is 3. The Morgan fingerprint density at radius 2 is 1.30 bits per heavy atom. The molecule has 0 aliphatic rings. The number of benzene rings is 5. The number of rotatable bonds is 11. The van der Waals surface area contributed by atoms with Crippen LogP contribution in [0.1, 0.15) is 31.8 Å². The smallest absolute Gasteiger partial charge is 0.339 e. The largest absolute Gasteiger partial charge is 0.489 e. The third kappa shape index (κ3) is 8.10. The van der Waals surface area contributed by atoms with Crippen LogP contribution in [0.3, 0.4) is 0 Å². The third-order valence-electron chi connectivity index (χ3n) is 6.58. The Kier molecular flexibility index (Phi) is 9.64. The Hall–Kier alpha value is -5.89. The minimum Gasteiger partial charge on any atom is -0.489 e. The van der Waals surface area contributed by atoms with Crippen molar-refractivity contribution >= 4 is 29.2 Å². The van der Waals surface area contributed by atoms with E-state index in [4.69, 9.17) is 14.2 Å². The molecule has 5 rings (SSSR count). The van der Waals surface area contributed by atoms with Gasteiger partial charge >= 0.3 is 5.97 Å². The lowest BCUT2D eigenvalue weighted by Crippen LogP contribution is -2.17. The number of carbonyl (C=O) groups is 3. The average Bonchev–Trinajstić information content (AvgIpc) is 3.06. The van der Waals surface area contributed by atoms with Gasteiger partial charge in [-0.1, -0.05) is 54.6 Å². The van der Waals surface area contributed by atoms with Gasteiger partial charge in [0.25, 0.3) is 5.91 Å². The van der Waals surface area contributed by atoms with Crippen molar-refractivity contribution < 1.29 is 28.6 Å². The summed E-state index contributed by atoms with van der Waals surface area (Å²) in [7, 11) is 1.30. The van der Waals surface area contributed by atoms with Crippen molar-refractivity contribution in [3.8, 4) is 17.2 Å². The molecule has 8 heteroatoms. The Labute approximate surface area is 255 Å². The molecule has 8 nitrogen and oxygen atoms in total. The van der Waals surface area contributed by atoms with Crippen LogP contribution in [0.4, 0.5) is 11.4 Å². The van der Waals surface area contributed by atoms with Gasteiger partial charge in [-0.15, -0.1) is 0 Å². The van der Waals surface area contributed by atoms with Gasteiger partial charge in [-0.25, -0.2) is 4.79 Å². The second-order valence-corrected chi connectivity index (χ2v) is 9.79. The van der Waals surface area contributed by atoms with Gasteiger partial charge < -0.3 is 24.8 Å². The highest BCUT2D eigenvalue weighted by atomic mass is 16.5. The Morgan fingerprint density at radius 3 is 2.02 bits per heavy atom. The fraction of sp³-hybridized carbons (Fsp3) is 0.0833. The lowest BCUT2D eigenvalue weighted by atomic mass is 10.1. The molecule has 0 saturated carbocycles. The number of methoxy groups -OCH3 is 1. The molecule has 5 aromatic rings. The zero-order valence-corrected chi connectivity index (χ0v) is 24.0. The van der Waals surface area contributed by atoms with Crippen LogP contribution in [0.25, 0.3) is 0 Å². The summed E-state index contributed by atoms with van der Waals surface area (Å²) in [5.74, 6) is 0.984. The van der Waals surface area contributed by atoms with Gasteiger partial charge in [0.2, 0.25) is 5.91 Å². The fourth-order valence-electron chi connectivity index (χ4n) is 4.37. The number of amides is 2. The number of anilines is 2. The van der Waals surface area contributed by atoms with Crippen molar-refractivity contribution in [2.75, 3.05) is 17.7 Å². The van der Waals surface area contributed by atoms with E-state index in [-0.39, 0.29) is 18.2 Å². The van der Waals surface area contributed by atoms with E-state index in [0.717, 1.165) is 11.1 Å². The fourth-order valence-corrected chi connectivity index (χ4v) is 4.37. The Bertz CT molecular complexity index is 1740. The van der Waals surface area contributed by atoms with Gasteiger partial charge in [0.1, 0.15) is 23.9 Å². The zero-order chi connectivity index (χ0) is 30.7. The topological polar surface area (TPSA) is 103 Å². The highest BCUT2D eigenvalue weighted by Gasteiger charge is 2.14. The normalized spacial score (nSPS) is 10.4. The zero-order valence-electron chi connectivity index (χ0n) is 24.0. The second-order valence-electron chi connectivity index (χ2n) is 9.79. The lowest BCUT2D eigenvalue weighted by molar-refractivity contribution is -0.115. The quantitative estimate of drug-likeness (QED) is 0.158. The molecule has 0 spiro atoms. The maximum absolute atomic E-state index is 12.6. The molecular formula is C36H30N2O6. The molecule has 0 atom stereocenters. The van der Waals surface area contributed by atoms with E-state index in [2.05, 4.69) is 10.6 Å². The second kappa shape index (κ2) is 14.3. The van der Waals surface area contributed by atoms with E-state index in [1.54, 1.807) is 48.5 Å². The van der Waals surface area contributed by atoms with Crippen LogP contribution in [0.5, 0.6) is 17.2 Å². The highest BCUT2D eigenvalue weighted by Crippen LogP contribution is 2.25. The van der Waals surface area contributed by atoms with Crippen LogP contribution in [0.15, 0.2) is 127 Å². The first-order valence-electron chi connectivity index (χ1n) is 13.9. The SMILES string of the molecule is COC(=O)c1ccccc1NC(=O)Cc1ccc(Oc2ccc(OCc3cccc(NC(=O)c4ccccc4)c3)cc2)cc1. The summed E-state index contributed by atoms with van der Waals surface area (Å²) >= 11 is 0. The molecule has 0 heterocycles. The Balaban J connectivity index is 1.10. The molecule has 2 amide bonds. The van der Waals surface area contributed by atoms with Gasteiger partial charge in [-0.3, -0.25) is 9.59 Å². The minimum absolute atomic E-state index is 0.129. The third-order valence-corrected chi connectivity index (χ3v) is 6.58. The predicted molar refractivity (Wildman–Crippen MR) is 168 cm³/mol. The monoisotopic (exact) mass is 586 g/mol. The number of esters is 1. The van der Waals surface area contributed by atoms with Crippen molar-refractivity contribution in [1.29, 1.82) is 0 Å². The number of carbonyl (C=O) groups excluding carboxylic acids is 3. The van der Waals surface area contributed by atoms with E-state index in [9.17, 15) is 14.4 Å². The molecular weight excluding hydrogens is 556 g/mol. The predicted octanol–water partition coefficient (Wildman–Crippen LogP) is 7.28. The molecule has 2 N–H and O–H groups in total. The number of hydrogen-bond acceptors (Lipinski definition) is 6. The maximum atomic E-state index is 12.6. The van der Waals surface area contributed by atoms with Crippen molar-refractivity contribution in [2.24, 2.45) is 0 Å². The molecule has 0 bridgehead atoms. The number of hydrogen-bond donors (Lipinski definition) is 2. The lowest BCUT2D eigenvalue weighted by Gasteiger charge is -2.11. The molecule has 0 fully saturated rings. The first-order valence-corrected chi connectivity index (χ1v) is 13.9. The maximum Gasteiger partial charge on any atom is 0.339 e. The van der Waals surface area contributed by atoms with Gasteiger partial charge in [0.15, 0.2) is 0 Å². The van der Waals surface area contributed by atoms with E-state index >= 15 is 0 Å². The van der Waals surface area contributed by atoms with E-state index in [1.807, 2.05) is 78.9 Å². The van der Waals surface area contributed by atoms with E-state index in [0.29, 0.717) is 46.4 Å². The van der Waals surface area contributed by atoms with Gasteiger partial charge in [0.05, 0.1) is 24.8 Å². The highest BCUT2D eigenvalue weighted by molar-refractivity contribution is 6.04. The van der Waals surface area contributed by atoms with E-state index < -0.39 is 5.97 Å². The number of nitrogens with one attached hydrogen (secondary N) is 2. The summed E-state index contributed by atoms with van der Waals surface area (Å²) in [4.78, 5) is 37.0. The van der Waals surface area contributed by atoms with Crippen LogP contribution in [-0.2, 0) is 22.6 Å². The first-order chi connectivity index (χ1) is 21.5. The van der Waals surface area contributed by atoms with Crippen LogP contribution in [0.2, 0.25) is 0 Å². The summed E-state index contributed by atoms with van der Waals surface area (Å²) in [6.07, 6.45) is 0.129.